The summed E-state index contributed by atoms with van der Waals surface area (Å²) in [7, 11) is -4.25. The first-order valence-electron chi connectivity index (χ1n) is 15.6. The number of nitrogens with one attached hydrogen (secondary N) is 4. The molecule has 18 heteroatoms. The van der Waals surface area contributed by atoms with Gasteiger partial charge in [-0.1, -0.05) is 19.3 Å². The van der Waals surface area contributed by atoms with E-state index in [1.165, 1.54) is 0 Å². The van der Waals surface area contributed by atoms with Gasteiger partial charge in [0.1, 0.15) is 7.85 Å². The normalized spacial score (nSPS) is 17.5. The first kappa shape index (κ1) is 41.3. The summed E-state index contributed by atoms with van der Waals surface area (Å²) in [6, 6.07) is 0.247. The summed E-state index contributed by atoms with van der Waals surface area (Å²) in [4.78, 5) is 27.0. The quantitative estimate of drug-likeness (QED) is 0.0192. The summed E-state index contributed by atoms with van der Waals surface area (Å²) in [6.45, 7) is 4.52. The van der Waals surface area contributed by atoms with Crippen LogP contribution in [0.5, 0.6) is 0 Å². The van der Waals surface area contributed by atoms with Gasteiger partial charge in [-0.15, -0.1) is 0 Å². The molecule has 3 atom stereocenters. The van der Waals surface area contributed by atoms with E-state index < -0.39 is 16.4 Å². The smallest absolute Gasteiger partial charge is 0.382 e. The molecule has 7 N–H and O–H groups in total. The molecule has 0 radical (unpaired) electrons. The maximum absolute atomic E-state index is 10.6. The third-order valence-corrected chi connectivity index (χ3v) is 7.76. The maximum Gasteiger partial charge on any atom is 0.469 e. The SMILES string of the molecule is BC1CCC(COP(O)OCCOCCOCCOCCNC(=N)CCCCCC(=N)NCCCCCCOP(=O)(O)O)O1. The van der Waals surface area contributed by atoms with Gasteiger partial charge in [0.05, 0.1) is 77.2 Å². The molecule has 1 aliphatic rings. The fraction of sp³-hybridized carbons (Fsp3) is 0.923. The molecule has 3 unspecified atom stereocenters. The van der Waals surface area contributed by atoms with Gasteiger partial charge < -0.3 is 53.3 Å². The number of unbranched alkanes of at least 4 members (excludes halogenated alkanes) is 5. The minimum Gasteiger partial charge on any atom is -0.382 e. The summed E-state index contributed by atoms with van der Waals surface area (Å²) in [6.07, 6.45) is 9.31. The minimum atomic E-state index is -4.36. The highest BCUT2D eigenvalue weighted by molar-refractivity contribution is 7.46. The molecule has 1 fully saturated rings. The highest BCUT2D eigenvalue weighted by atomic mass is 31.2. The van der Waals surface area contributed by atoms with Crippen LogP contribution in [-0.2, 0) is 37.1 Å². The second kappa shape index (κ2) is 27.4. The van der Waals surface area contributed by atoms with E-state index in [9.17, 15) is 9.46 Å². The zero-order valence-electron chi connectivity index (χ0n) is 26.2. The second-order valence-corrected chi connectivity index (χ2v) is 12.7. The topological polar surface area (TPSA) is 214 Å². The second-order valence-electron chi connectivity index (χ2n) is 10.5. The zero-order valence-corrected chi connectivity index (χ0v) is 28.0. The minimum absolute atomic E-state index is 0.0309. The first-order chi connectivity index (χ1) is 21.2. The fourth-order valence-electron chi connectivity index (χ4n) is 4.14. The Kier molecular flexibility index (Phi) is 25.7. The van der Waals surface area contributed by atoms with Gasteiger partial charge in [0.25, 0.3) is 0 Å². The molecule has 1 aliphatic heterocycles. The number of amidine groups is 2. The third kappa shape index (κ3) is 27.6. The zero-order chi connectivity index (χ0) is 32.3. The van der Waals surface area contributed by atoms with Crippen LogP contribution in [0, 0.1) is 10.8 Å². The van der Waals surface area contributed by atoms with E-state index in [1.54, 1.807) is 0 Å². The number of rotatable bonds is 30. The van der Waals surface area contributed by atoms with Crippen molar-refractivity contribution in [2.75, 3.05) is 72.6 Å². The average Bonchev–Trinajstić information content (AvgIpc) is 3.39. The highest BCUT2D eigenvalue weighted by Crippen LogP contribution is 2.36. The largest absolute Gasteiger partial charge is 0.469 e. The van der Waals surface area contributed by atoms with E-state index in [0.717, 1.165) is 51.4 Å². The molecule has 0 aromatic carbocycles. The van der Waals surface area contributed by atoms with Crippen LogP contribution in [0.15, 0.2) is 0 Å². The molecule has 44 heavy (non-hydrogen) atoms. The number of phosphoric acid groups is 1. The summed E-state index contributed by atoms with van der Waals surface area (Å²) >= 11 is 0. The average molecular weight is 673 g/mol. The Morgan fingerprint density at radius 1 is 0.773 bits per heavy atom. The monoisotopic (exact) mass is 672 g/mol. The molecule has 0 aromatic rings. The fourth-order valence-corrected chi connectivity index (χ4v) is 5.11. The van der Waals surface area contributed by atoms with E-state index >= 15 is 0 Å². The molecule has 0 aliphatic carbocycles. The molecule has 15 nitrogen and oxygen atoms in total. The van der Waals surface area contributed by atoms with Gasteiger partial charge in [-0.25, -0.2) is 4.57 Å². The third-order valence-electron chi connectivity index (χ3n) is 6.47. The number of hydrogen-bond acceptors (Lipinski definition) is 11. The van der Waals surface area contributed by atoms with Crippen molar-refractivity contribution < 1.29 is 51.8 Å². The van der Waals surface area contributed by atoms with Gasteiger partial charge in [-0.2, -0.15) is 0 Å². The van der Waals surface area contributed by atoms with Crippen molar-refractivity contribution in [1.82, 2.24) is 10.6 Å². The van der Waals surface area contributed by atoms with Crippen LogP contribution < -0.4 is 10.6 Å². The standard InChI is InChI=1S/C26H55BN4O11P2/c27-24-11-10-23(42-24)22-40-43(32)39-21-20-38-19-18-37-17-16-36-15-13-31-26(29)9-5-3-4-8-25(28)30-12-6-1-2-7-14-41-44(33,34)35/h23-24,32H,1-22,27H2,(H2,28,30)(H2,29,31)(H2,33,34,35). The van der Waals surface area contributed by atoms with Crippen LogP contribution in [0.2, 0.25) is 0 Å². The molecule has 0 aromatic heterocycles. The van der Waals surface area contributed by atoms with Crippen molar-refractivity contribution in [2.45, 2.75) is 82.7 Å². The summed E-state index contributed by atoms with van der Waals surface area (Å²) in [5.74, 6) is 1.01. The maximum atomic E-state index is 10.6. The van der Waals surface area contributed by atoms with Crippen molar-refractivity contribution in [1.29, 1.82) is 10.8 Å². The first-order valence-corrected chi connectivity index (χ1v) is 18.3. The predicted molar refractivity (Wildman–Crippen MR) is 171 cm³/mol. The molecule has 258 valence electrons. The van der Waals surface area contributed by atoms with Gasteiger partial charge >= 0.3 is 16.4 Å². The van der Waals surface area contributed by atoms with Gasteiger partial charge in [0.2, 0.25) is 0 Å². The predicted octanol–water partition coefficient (Wildman–Crippen LogP) is 2.18. The lowest BCUT2D eigenvalue weighted by atomic mass is 9.97. The molecule has 0 amide bonds. The van der Waals surface area contributed by atoms with Gasteiger partial charge in [0, 0.05) is 31.9 Å². The number of hydrogen-bond donors (Lipinski definition) is 7. The molecule has 1 rings (SSSR count). The lowest BCUT2D eigenvalue weighted by Crippen LogP contribution is -2.27. The van der Waals surface area contributed by atoms with Crippen LogP contribution in [0.1, 0.15) is 70.6 Å². The van der Waals surface area contributed by atoms with E-state index in [-0.39, 0.29) is 25.3 Å². The molecular formula is C26H55BN4O11P2. The number of ether oxygens (including phenoxy) is 4. The van der Waals surface area contributed by atoms with Crippen molar-refractivity contribution in [3.8, 4) is 0 Å². The van der Waals surface area contributed by atoms with Gasteiger partial charge in [-0.05, 0) is 38.5 Å². The molecule has 0 saturated carbocycles. The Balaban J connectivity index is 1.76. The molecule has 1 saturated heterocycles. The van der Waals surface area contributed by atoms with Crippen LogP contribution in [0.25, 0.3) is 0 Å². The van der Waals surface area contributed by atoms with Crippen molar-refractivity contribution in [3.63, 3.8) is 0 Å². The summed E-state index contributed by atoms with van der Waals surface area (Å²) in [5, 5.41) is 22.1. The van der Waals surface area contributed by atoms with E-state index in [0.29, 0.717) is 90.3 Å². The van der Waals surface area contributed by atoms with Crippen LogP contribution >= 0.6 is 16.4 Å². The van der Waals surface area contributed by atoms with E-state index in [1.807, 2.05) is 7.85 Å². The number of phosphoric ester groups is 1. The van der Waals surface area contributed by atoms with Crippen molar-refractivity contribution in [3.05, 3.63) is 0 Å². The Labute approximate surface area is 264 Å². The van der Waals surface area contributed by atoms with E-state index in [4.69, 9.17) is 48.6 Å². The lowest BCUT2D eigenvalue weighted by Gasteiger charge is -2.14. The molecular weight excluding hydrogens is 617 g/mol. The summed E-state index contributed by atoms with van der Waals surface area (Å²) in [5.41, 5.74) is 0. The highest BCUT2D eigenvalue weighted by Gasteiger charge is 2.23. The van der Waals surface area contributed by atoms with Gasteiger partial charge in [0.15, 0.2) is 0 Å². The van der Waals surface area contributed by atoms with Crippen molar-refractivity contribution >= 4 is 35.9 Å². The molecule has 0 bridgehead atoms. The van der Waals surface area contributed by atoms with Crippen LogP contribution in [0.3, 0.4) is 0 Å². The van der Waals surface area contributed by atoms with E-state index in [2.05, 4.69) is 15.2 Å². The van der Waals surface area contributed by atoms with Crippen LogP contribution in [0.4, 0.5) is 0 Å². The lowest BCUT2D eigenvalue weighted by molar-refractivity contribution is 0.00752. The Morgan fingerprint density at radius 3 is 1.95 bits per heavy atom. The molecule has 0 spiro atoms. The van der Waals surface area contributed by atoms with Crippen LogP contribution in [-0.4, -0.2) is 119 Å². The Bertz CT molecular complexity index is 788. The summed E-state index contributed by atoms with van der Waals surface area (Å²) < 4.78 is 47.5. The molecule has 1 heterocycles. The Morgan fingerprint density at radius 2 is 1.34 bits per heavy atom. The van der Waals surface area contributed by atoms with Crippen molar-refractivity contribution in [2.24, 2.45) is 0 Å². The van der Waals surface area contributed by atoms with Gasteiger partial charge in [-0.3, -0.25) is 15.3 Å². The Hall–Kier alpha value is -0.735.